The van der Waals surface area contributed by atoms with Crippen molar-refractivity contribution in [3.8, 4) is 5.75 Å². The summed E-state index contributed by atoms with van der Waals surface area (Å²) in [4.78, 5) is 27.7. The van der Waals surface area contributed by atoms with Crippen LogP contribution < -0.4 is 10.9 Å². The molecule has 8 nitrogen and oxygen atoms in total. The lowest BCUT2D eigenvalue weighted by Crippen LogP contribution is -2.44. The molecule has 0 radical (unpaired) electrons. The highest BCUT2D eigenvalue weighted by Gasteiger charge is 2.39. The summed E-state index contributed by atoms with van der Waals surface area (Å²) in [6.07, 6.45) is 2.06. The minimum absolute atomic E-state index is 0.0368. The zero-order valence-corrected chi connectivity index (χ0v) is 22.7. The first-order chi connectivity index (χ1) is 16.4. The molecule has 0 aliphatic carbocycles. The van der Waals surface area contributed by atoms with E-state index in [9.17, 15) is 14.7 Å². The van der Waals surface area contributed by atoms with Crippen LogP contribution in [0.3, 0.4) is 0 Å². The van der Waals surface area contributed by atoms with Gasteiger partial charge in [0.15, 0.2) is 8.32 Å². The summed E-state index contributed by atoms with van der Waals surface area (Å²) in [6.45, 7) is 15.1. The summed E-state index contributed by atoms with van der Waals surface area (Å²) < 4.78 is 6.87. The molecule has 1 atom stereocenters. The molecule has 9 heteroatoms. The number of hydrogen-bond donors (Lipinski definition) is 4. The fourth-order valence-corrected chi connectivity index (χ4v) is 5.65. The van der Waals surface area contributed by atoms with Crippen molar-refractivity contribution in [2.24, 2.45) is 5.92 Å². The number of likely N-dealkylation sites (tertiary alicyclic amines) is 1. The van der Waals surface area contributed by atoms with Gasteiger partial charge in [-0.15, -0.1) is 0 Å². The van der Waals surface area contributed by atoms with E-state index in [1.54, 1.807) is 12.1 Å². The molecule has 1 aliphatic rings. The van der Waals surface area contributed by atoms with Crippen molar-refractivity contribution in [1.82, 2.24) is 15.2 Å². The van der Waals surface area contributed by atoms with E-state index in [0.29, 0.717) is 24.5 Å². The SMILES string of the molecule is CC(C)(C)[Si](C)(C)O[C@H](CNCC1CCN(CCC(=O)O)CC1)c1ccc(O)c2[nH]c(=O)ccc12. The van der Waals surface area contributed by atoms with E-state index in [2.05, 4.69) is 49.1 Å². The van der Waals surface area contributed by atoms with Crippen LogP contribution in [0, 0.1) is 5.92 Å². The number of carboxylic acids is 1. The third-order valence-electron chi connectivity index (χ3n) is 7.61. The van der Waals surface area contributed by atoms with Gasteiger partial charge in [-0.1, -0.05) is 26.8 Å². The van der Waals surface area contributed by atoms with E-state index in [-0.39, 0.29) is 28.9 Å². The Hall–Kier alpha value is -2.20. The normalized spacial score (nSPS) is 17.1. The van der Waals surface area contributed by atoms with Gasteiger partial charge in [-0.2, -0.15) is 0 Å². The second-order valence-electron chi connectivity index (χ2n) is 11.2. The van der Waals surface area contributed by atoms with Crippen molar-refractivity contribution in [2.75, 3.05) is 32.7 Å². The van der Waals surface area contributed by atoms with Crippen molar-refractivity contribution in [3.05, 3.63) is 40.2 Å². The molecule has 4 N–H and O–H groups in total. The Kier molecular flexibility index (Phi) is 8.80. The number of aliphatic carboxylic acids is 1. The summed E-state index contributed by atoms with van der Waals surface area (Å²) in [6, 6.07) is 6.77. The number of carboxylic acid groups (broad SMARTS) is 1. The first kappa shape index (κ1) is 27.4. The van der Waals surface area contributed by atoms with Crippen LogP contribution in [0.5, 0.6) is 5.75 Å². The number of carbonyl (C=O) groups is 1. The molecule has 1 aromatic carbocycles. The van der Waals surface area contributed by atoms with Gasteiger partial charge in [0.2, 0.25) is 5.56 Å². The molecule has 2 aromatic rings. The van der Waals surface area contributed by atoms with Crippen LogP contribution in [0.4, 0.5) is 0 Å². The summed E-state index contributed by atoms with van der Waals surface area (Å²) in [7, 11) is -2.11. The van der Waals surface area contributed by atoms with Crippen molar-refractivity contribution >= 4 is 25.2 Å². The predicted molar refractivity (Wildman–Crippen MR) is 142 cm³/mol. The van der Waals surface area contributed by atoms with Gasteiger partial charge >= 0.3 is 5.97 Å². The second-order valence-corrected chi connectivity index (χ2v) is 16.0. The van der Waals surface area contributed by atoms with E-state index >= 15 is 0 Å². The average molecular weight is 504 g/mol. The first-order valence-electron chi connectivity index (χ1n) is 12.5. The van der Waals surface area contributed by atoms with Crippen LogP contribution >= 0.6 is 0 Å². The zero-order valence-electron chi connectivity index (χ0n) is 21.7. The van der Waals surface area contributed by atoms with Crippen molar-refractivity contribution in [2.45, 2.75) is 64.3 Å². The molecule has 0 spiro atoms. The molecule has 1 aliphatic heterocycles. The lowest BCUT2D eigenvalue weighted by molar-refractivity contribution is -0.137. The number of benzene rings is 1. The van der Waals surface area contributed by atoms with E-state index in [4.69, 9.17) is 9.53 Å². The predicted octanol–water partition coefficient (Wildman–Crippen LogP) is 4.07. The number of H-pyrrole nitrogens is 1. The van der Waals surface area contributed by atoms with E-state index < -0.39 is 14.3 Å². The van der Waals surface area contributed by atoms with Crippen molar-refractivity contribution in [3.63, 3.8) is 0 Å². The number of nitrogens with zero attached hydrogens (tertiary/aromatic N) is 1. The fraction of sp³-hybridized carbons (Fsp3) is 0.615. The Bertz CT molecular complexity index is 1070. The Labute approximate surface area is 208 Å². The lowest BCUT2D eigenvalue weighted by atomic mass is 9.96. The van der Waals surface area contributed by atoms with Gasteiger partial charge in [-0.25, -0.2) is 0 Å². The Morgan fingerprint density at radius 1 is 1.23 bits per heavy atom. The molecular formula is C26H41N3O5Si. The Morgan fingerprint density at radius 2 is 1.91 bits per heavy atom. The highest BCUT2D eigenvalue weighted by atomic mass is 28.4. The third kappa shape index (κ3) is 7.16. The van der Waals surface area contributed by atoms with Gasteiger partial charge in [0.05, 0.1) is 18.0 Å². The number of aromatic nitrogens is 1. The second kappa shape index (κ2) is 11.2. The number of rotatable bonds is 10. The number of phenolic OH excluding ortho intramolecular Hbond substituents is 1. The number of aromatic amines is 1. The van der Waals surface area contributed by atoms with Gasteiger partial charge < -0.3 is 29.8 Å². The number of aromatic hydroxyl groups is 1. The van der Waals surface area contributed by atoms with E-state index in [0.717, 1.165) is 43.4 Å². The summed E-state index contributed by atoms with van der Waals surface area (Å²) in [5.74, 6) is -0.153. The van der Waals surface area contributed by atoms with Gasteiger partial charge in [-0.05, 0) is 74.2 Å². The standard InChI is InChI=1S/C26H41N3O5Si/c1-26(2,3)35(4,5)34-22(19-6-8-21(30)25-20(19)7-9-23(31)28-25)17-27-16-18-10-13-29(14-11-18)15-12-24(32)33/h6-9,18,22,27,30H,10-17H2,1-5H3,(H,28,31)(H,32,33)/t22-/m1/s1. The topological polar surface area (TPSA) is 115 Å². The number of nitrogens with one attached hydrogen (secondary N) is 2. The first-order valence-corrected chi connectivity index (χ1v) is 15.5. The quantitative estimate of drug-likeness (QED) is 0.361. The number of piperidine rings is 1. The van der Waals surface area contributed by atoms with Crippen LogP contribution in [0.1, 0.15) is 51.7 Å². The van der Waals surface area contributed by atoms with Gasteiger partial charge in [0.1, 0.15) is 5.75 Å². The maximum Gasteiger partial charge on any atom is 0.304 e. The number of pyridine rings is 1. The lowest BCUT2D eigenvalue weighted by Gasteiger charge is -2.40. The van der Waals surface area contributed by atoms with Crippen molar-refractivity contribution in [1.29, 1.82) is 0 Å². The largest absolute Gasteiger partial charge is 0.506 e. The minimum atomic E-state index is -2.11. The molecule has 0 saturated carbocycles. The van der Waals surface area contributed by atoms with Gasteiger partial charge in [-0.3, -0.25) is 9.59 Å². The molecule has 0 unspecified atom stereocenters. The van der Waals surface area contributed by atoms with E-state index in [1.807, 2.05) is 6.07 Å². The van der Waals surface area contributed by atoms with Crippen LogP contribution in [-0.4, -0.2) is 67.1 Å². The molecular weight excluding hydrogens is 462 g/mol. The van der Waals surface area contributed by atoms with Crippen LogP contribution in [0.15, 0.2) is 29.1 Å². The van der Waals surface area contributed by atoms with Gasteiger partial charge in [0, 0.05) is 24.5 Å². The Morgan fingerprint density at radius 3 is 2.54 bits per heavy atom. The minimum Gasteiger partial charge on any atom is -0.506 e. The molecule has 35 heavy (non-hydrogen) atoms. The van der Waals surface area contributed by atoms with Gasteiger partial charge in [0.25, 0.3) is 0 Å². The molecule has 0 bridgehead atoms. The van der Waals surface area contributed by atoms with E-state index in [1.165, 1.54) is 6.07 Å². The summed E-state index contributed by atoms with van der Waals surface area (Å²) >= 11 is 0. The van der Waals surface area contributed by atoms with Crippen LogP contribution in [-0.2, 0) is 9.22 Å². The number of fused-ring (bicyclic) bond motifs is 1. The maximum absolute atomic E-state index is 11.9. The smallest absolute Gasteiger partial charge is 0.304 e. The maximum atomic E-state index is 11.9. The summed E-state index contributed by atoms with van der Waals surface area (Å²) in [5, 5.41) is 23.7. The molecule has 3 rings (SSSR count). The monoisotopic (exact) mass is 503 g/mol. The van der Waals surface area contributed by atoms with Crippen LogP contribution in [0.25, 0.3) is 10.9 Å². The molecule has 194 valence electrons. The zero-order chi connectivity index (χ0) is 25.8. The third-order valence-corrected chi connectivity index (χ3v) is 12.1. The fourth-order valence-electron chi connectivity index (χ4n) is 4.37. The molecule has 1 fully saturated rings. The highest BCUT2D eigenvalue weighted by Crippen LogP contribution is 2.41. The highest BCUT2D eigenvalue weighted by molar-refractivity contribution is 6.74. The molecule has 1 saturated heterocycles. The summed E-state index contributed by atoms with van der Waals surface area (Å²) in [5.41, 5.74) is 1.14. The number of phenols is 1. The molecule has 1 aromatic heterocycles. The number of hydrogen-bond acceptors (Lipinski definition) is 6. The average Bonchev–Trinajstić information content (AvgIpc) is 2.77. The van der Waals surface area contributed by atoms with Crippen LogP contribution in [0.2, 0.25) is 18.1 Å². The molecule has 0 amide bonds. The van der Waals surface area contributed by atoms with Crippen molar-refractivity contribution < 1.29 is 19.4 Å². The molecule has 2 heterocycles. The Balaban J connectivity index is 1.73.